The van der Waals surface area contributed by atoms with Crippen molar-refractivity contribution in [2.24, 2.45) is 0 Å². The molecule has 0 spiro atoms. The van der Waals surface area contributed by atoms with Crippen molar-refractivity contribution in [2.75, 3.05) is 17.8 Å². The van der Waals surface area contributed by atoms with Crippen molar-refractivity contribution >= 4 is 15.7 Å². The van der Waals surface area contributed by atoms with Crippen LogP contribution in [0.2, 0.25) is 0 Å². The first-order valence-electron chi connectivity index (χ1n) is 12.3. The molecule has 2 aromatic carbocycles. The number of nitrogens with zero attached hydrogens (tertiary/aromatic N) is 3. The van der Waals surface area contributed by atoms with E-state index in [9.17, 15) is 8.42 Å². The van der Waals surface area contributed by atoms with Gasteiger partial charge < -0.3 is 10.1 Å². The summed E-state index contributed by atoms with van der Waals surface area (Å²) in [5.41, 5.74) is 3.49. The first-order valence-corrected chi connectivity index (χ1v) is 13.9. The molecule has 9 heteroatoms. The predicted octanol–water partition coefficient (Wildman–Crippen LogP) is 5.05. The summed E-state index contributed by atoms with van der Waals surface area (Å²) in [7, 11) is -3.55. The molecule has 1 fully saturated rings. The molecule has 1 unspecified atom stereocenters. The van der Waals surface area contributed by atoms with Crippen molar-refractivity contribution in [3.63, 3.8) is 0 Å². The van der Waals surface area contributed by atoms with Crippen molar-refractivity contribution in [2.45, 2.75) is 31.4 Å². The molecule has 8 nitrogen and oxygen atoms in total. The zero-order valence-corrected chi connectivity index (χ0v) is 21.4. The zero-order valence-electron chi connectivity index (χ0n) is 20.6. The van der Waals surface area contributed by atoms with Gasteiger partial charge in [0, 0.05) is 30.5 Å². The number of anilines is 1. The molecular weight excluding hydrogens is 486 g/mol. The number of nitrogens with one attached hydrogen (secondary N) is 2. The van der Waals surface area contributed by atoms with Gasteiger partial charge in [0.15, 0.2) is 0 Å². The summed E-state index contributed by atoms with van der Waals surface area (Å²) in [5, 5.41) is 3.41. The predicted molar refractivity (Wildman–Crippen MR) is 144 cm³/mol. The quantitative estimate of drug-likeness (QED) is 0.338. The number of hydrogen-bond acceptors (Lipinski definition) is 7. The smallest absolute Gasteiger partial charge is 0.236 e. The lowest BCUT2D eigenvalue weighted by Gasteiger charge is -2.21. The van der Waals surface area contributed by atoms with Crippen molar-refractivity contribution in [3.05, 3.63) is 96.1 Å². The van der Waals surface area contributed by atoms with Crippen LogP contribution in [0.3, 0.4) is 0 Å². The normalized spacial score (nSPS) is 15.8. The van der Waals surface area contributed by atoms with Gasteiger partial charge in [0.25, 0.3) is 0 Å². The Hall–Kier alpha value is -3.82. The monoisotopic (exact) mass is 515 g/mol. The number of aromatic nitrogens is 3. The van der Waals surface area contributed by atoms with E-state index in [2.05, 4.69) is 20.0 Å². The van der Waals surface area contributed by atoms with E-state index in [-0.39, 0.29) is 11.7 Å². The van der Waals surface area contributed by atoms with Crippen LogP contribution >= 0.6 is 0 Å². The highest BCUT2D eigenvalue weighted by atomic mass is 32.2. The van der Waals surface area contributed by atoms with Crippen LogP contribution in [0.5, 0.6) is 11.6 Å². The summed E-state index contributed by atoms with van der Waals surface area (Å²) in [6, 6.07) is 19.9. The summed E-state index contributed by atoms with van der Waals surface area (Å²) in [6.45, 7) is 3.77. The van der Waals surface area contributed by atoms with Crippen LogP contribution < -0.4 is 14.8 Å². The van der Waals surface area contributed by atoms with Crippen LogP contribution in [0.15, 0.2) is 79.1 Å². The van der Waals surface area contributed by atoms with Crippen LogP contribution in [-0.4, -0.2) is 36.5 Å². The molecule has 37 heavy (non-hydrogen) atoms. The van der Waals surface area contributed by atoms with Crippen LogP contribution in [0.25, 0.3) is 11.3 Å². The van der Waals surface area contributed by atoms with Crippen LogP contribution in [-0.2, 0) is 15.8 Å². The number of hydrogen-bond donors (Lipinski definition) is 2. The Balaban J connectivity index is 1.34. The number of aryl methyl sites for hydroxylation is 1. The van der Waals surface area contributed by atoms with Gasteiger partial charge in [-0.2, -0.15) is 0 Å². The number of ether oxygens (including phenoxy) is 1. The van der Waals surface area contributed by atoms with Gasteiger partial charge >= 0.3 is 0 Å². The molecule has 1 aliphatic rings. The molecule has 0 saturated carbocycles. The van der Waals surface area contributed by atoms with Gasteiger partial charge in [0.05, 0.1) is 17.0 Å². The van der Waals surface area contributed by atoms with E-state index < -0.39 is 10.0 Å². The average Bonchev–Trinajstić information content (AvgIpc) is 2.91. The maximum Gasteiger partial charge on any atom is 0.236 e. The van der Waals surface area contributed by atoms with E-state index >= 15 is 0 Å². The van der Waals surface area contributed by atoms with Gasteiger partial charge in [-0.05, 0) is 73.8 Å². The highest BCUT2D eigenvalue weighted by molar-refractivity contribution is 7.91. The molecule has 3 heterocycles. The number of benzene rings is 2. The second-order valence-electron chi connectivity index (χ2n) is 9.13. The Labute approximate surface area is 217 Å². The Bertz CT molecular complexity index is 1470. The molecule has 2 N–H and O–H groups in total. The lowest BCUT2D eigenvalue weighted by Crippen LogP contribution is -2.29. The summed E-state index contributed by atoms with van der Waals surface area (Å²) in [4.78, 5) is 13.8. The molecule has 0 amide bonds. The number of pyridine rings is 1. The minimum Gasteiger partial charge on any atom is -0.438 e. The standard InChI is InChI=1S/C28H29N5O3S/c1-20-17-23(33-37(34,35)19-21-7-3-2-4-8-21)11-12-26(20)36-28-24(10-6-15-31-28)25-13-16-30-27(32-25)22-9-5-14-29-18-22/h2-4,6-8,10-13,15-17,22,29,33H,5,9,14,18-19H2,1H3. The molecule has 5 rings (SSSR count). The van der Waals surface area contributed by atoms with Crippen LogP contribution in [0.4, 0.5) is 5.69 Å². The van der Waals surface area contributed by atoms with Gasteiger partial charge in [-0.3, -0.25) is 4.72 Å². The number of rotatable bonds is 8. The van der Waals surface area contributed by atoms with E-state index in [0.29, 0.717) is 17.3 Å². The van der Waals surface area contributed by atoms with E-state index in [1.54, 1.807) is 42.7 Å². The molecule has 0 bridgehead atoms. The second kappa shape index (κ2) is 11.1. The van der Waals surface area contributed by atoms with E-state index in [4.69, 9.17) is 9.72 Å². The Morgan fingerprint density at radius 2 is 1.89 bits per heavy atom. The maximum absolute atomic E-state index is 12.6. The lowest BCUT2D eigenvalue weighted by molar-refractivity contribution is 0.446. The Morgan fingerprint density at radius 3 is 2.68 bits per heavy atom. The van der Waals surface area contributed by atoms with E-state index in [1.807, 2.05) is 43.3 Å². The minimum absolute atomic E-state index is 0.0969. The van der Waals surface area contributed by atoms with Gasteiger partial charge in [0.2, 0.25) is 15.9 Å². The number of sulfonamides is 1. The average molecular weight is 516 g/mol. The third-order valence-corrected chi connectivity index (χ3v) is 7.50. The molecular formula is C28H29N5O3S. The fourth-order valence-electron chi connectivity index (χ4n) is 4.40. The zero-order chi connectivity index (χ0) is 25.7. The van der Waals surface area contributed by atoms with E-state index in [0.717, 1.165) is 54.1 Å². The first kappa shape index (κ1) is 24.9. The third kappa shape index (κ3) is 6.31. The fraction of sp³-hybridized carbons (Fsp3) is 0.250. The van der Waals surface area contributed by atoms with Gasteiger partial charge in [-0.25, -0.2) is 23.4 Å². The van der Waals surface area contributed by atoms with Crippen molar-refractivity contribution < 1.29 is 13.2 Å². The summed E-state index contributed by atoms with van der Waals surface area (Å²) in [5.74, 6) is 2.02. The molecule has 1 aliphatic heterocycles. The molecule has 2 aromatic heterocycles. The third-order valence-electron chi connectivity index (χ3n) is 6.24. The summed E-state index contributed by atoms with van der Waals surface area (Å²) < 4.78 is 34.1. The van der Waals surface area contributed by atoms with Crippen LogP contribution in [0, 0.1) is 6.92 Å². The second-order valence-corrected chi connectivity index (χ2v) is 10.9. The van der Waals surface area contributed by atoms with E-state index in [1.165, 1.54) is 0 Å². The summed E-state index contributed by atoms with van der Waals surface area (Å²) >= 11 is 0. The Kier molecular flexibility index (Phi) is 7.43. The molecule has 0 radical (unpaired) electrons. The van der Waals surface area contributed by atoms with Gasteiger partial charge in [0.1, 0.15) is 11.6 Å². The topological polar surface area (TPSA) is 106 Å². The van der Waals surface area contributed by atoms with Crippen molar-refractivity contribution in [3.8, 4) is 22.9 Å². The largest absolute Gasteiger partial charge is 0.438 e. The number of piperidine rings is 1. The van der Waals surface area contributed by atoms with Gasteiger partial charge in [-0.1, -0.05) is 30.3 Å². The van der Waals surface area contributed by atoms with Crippen molar-refractivity contribution in [1.82, 2.24) is 20.3 Å². The first-order chi connectivity index (χ1) is 18.0. The lowest BCUT2D eigenvalue weighted by atomic mass is 9.98. The summed E-state index contributed by atoms with van der Waals surface area (Å²) in [6.07, 6.45) is 5.63. The van der Waals surface area contributed by atoms with Gasteiger partial charge in [-0.15, -0.1) is 0 Å². The molecule has 4 aromatic rings. The highest BCUT2D eigenvalue weighted by Crippen LogP contribution is 2.33. The van der Waals surface area contributed by atoms with Crippen molar-refractivity contribution in [1.29, 1.82) is 0 Å². The maximum atomic E-state index is 12.6. The SMILES string of the molecule is Cc1cc(NS(=O)(=O)Cc2ccccc2)ccc1Oc1ncccc1-c1ccnc(C2CCCNC2)n1. The van der Waals surface area contributed by atoms with Crippen LogP contribution in [0.1, 0.15) is 35.7 Å². The molecule has 1 saturated heterocycles. The fourth-order valence-corrected chi connectivity index (χ4v) is 5.59. The molecule has 0 aliphatic carbocycles. The Morgan fingerprint density at radius 1 is 1.03 bits per heavy atom. The molecule has 190 valence electrons. The minimum atomic E-state index is -3.55. The molecule has 1 atom stereocenters. The highest BCUT2D eigenvalue weighted by Gasteiger charge is 2.20.